The molecule has 0 spiro atoms. The average Bonchev–Trinajstić information content (AvgIpc) is 2.78. The lowest BCUT2D eigenvalue weighted by molar-refractivity contribution is -0.131. The molecule has 2 aliphatic heterocycles. The van der Waals surface area contributed by atoms with Crippen molar-refractivity contribution in [2.24, 2.45) is 11.0 Å². The molecule has 0 bridgehead atoms. The lowest BCUT2D eigenvalue weighted by Crippen LogP contribution is -2.47. The van der Waals surface area contributed by atoms with Gasteiger partial charge in [0.1, 0.15) is 5.71 Å². The number of nitrogens with zero attached hydrogens (tertiary/aromatic N) is 3. The molecule has 2 aromatic rings. The number of carbonyl (C=O) groups is 3. The van der Waals surface area contributed by atoms with Crippen molar-refractivity contribution in [3.05, 3.63) is 48.0 Å². The Bertz CT molecular complexity index is 1010. The fourth-order valence-electron chi connectivity index (χ4n) is 4.18. The summed E-state index contributed by atoms with van der Waals surface area (Å²) in [6, 6.07) is 13.6. The Morgan fingerprint density at radius 3 is 2.77 bits per heavy atom. The number of amides is 3. The highest BCUT2D eigenvalue weighted by molar-refractivity contribution is 6.39. The molecular formula is C23H26N4O3. The van der Waals surface area contributed by atoms with Crippen LogP contribution in [0.2, 0.25) is 0 Å². The lowest BCUT2D eigenvalue weighted by atomic mass is 9.96. The first-order valence-electron chi connectivity index (χ1n) is 10.4. The van der Waals surface area contributed by atoms with Crippen LogP contribution in [0.1, 0.15) is 36.0 Å². The SMILES string of the molecule is CN1N=C(C(=O)N2CCCC(CNC(=O)c3cccc4ccccc34)C2)CCC1=O. The van der Waals surface area contributed by atoms with Gasteiger partial charge in [-0.15, -0.1) is 0 Å². The maximum atomic E-state index is 12.8. The summed E-state index contributed by atoms with van der Waals surface area (Å²) in [5, 5.41) is 10.4. The van der Waals surface area contributed by atoms with Gasteiger partial charge in [0.05, 0.1) is 0 Å². The van der Waals surface area contributed by atoms with E-state index >= 15 is 0 Å². The highest BCUT2D eigenvalue weighted by Gasteiger charge is 2.29. The number of benzene rings is 2. The summed E-state index contributed by atoms with van der Waals surface area (Å²) in [4.78, 5) is 39.0. The fourth-order valence-corrected chi connectivity index (χ4v) is 4.18. The first-order valence-corrected chi connectivity index (χ1v) is 10.4. The molecule has 2 aliphatic rings. The fraction of sp³-hybridized carbons (Fsp3) is 0.391. The van der Waals surface area contributed by atoms with E-state index in [9.17, 15) is 14.4 Å². The Hall–Kier alpha value is -3.22. The largest absolute Gasteiger partial charge is 0.352 e. The van der Waals surface area contributed by atoms with Crippen molar-refractivity contribution in [1.82, 2.24) is 15.2 Å². The maximum Gasteiger partial charge on any atom is 0.270 e. The monoisotopic (exact) mass is 406 g/mol. The van der Waals surface area contributed by atoms with Gasteiger partial charge in [0.2, 0.25) is 5.91 Å². The molecule has 7 heteroatoms. The second-order valence-electron chi connectivity index (χ2n) is 7.96. The summed E-state index contributed by atoms with van der Waals surface area (Å²) in [5.74, 6) is -0.0594. The maximum absolute atomic E-state index is 12.8. The first-order chi connectivity index (χ1) is 14.5. The number of hydrogen-bond donors (Lipinski definition) is 1. The van der Waals surface area contributed by atoms with E-state index in [2.05, 4.69) is 10.4 Å². The molecule has 0 aliphatic carbocycles. The number of hydrazone groups is 1. The van der Waals surface area contributed by atoms with Crippen molar-refractivity contribution in [2.45, 2.75) is 25.7 Å². The molecule has 0 aromatic heterocycles. The van der Waals surface area contributed by atoms with Gasteiger partial charge in [-0.2, -0.15) is 5.10 Å². The minimum absolute atomic E-state index is 0.0702. The Kier molecular flexibility index (Phi) is 5.79. The van der Waals surface area contributed by atoms with Crippen LogP contribution in [-0.2, 0) is 9.59 Å². The van der Waals surface area contributed by atoms with E-state index in [-0.39, 0.29) is 23.6 Å². The summed E-state index contributed by atoms with van der Waals surface area (Å²) in [7, 11) is 1.58. The molecular weight excluding hydrogens is 380 g/mol. The third-order valence-corrected chi connectivity index (χ3v) is 5.85. The second kappa shape index (κ2) is 8.65. The van der Waals surface area contributed by atoms with Gasteiger partial charge in [-0.1, -0.05) is 36.4 Å². The Labute approximate surface area is 175 Å². The van der Waals surface area contributed by atoms with Gasteiger partial charge < -0.3 is 10.2 Å². The zero-order valence-electron chi connectivity index (χ0n) is 17.1. The number of likely N-dealkylation sites (tertiary alicyclic amines) is 1. The van der Waals surface area contributed by atoms with Gasteiger partial charge in [0, 0.05) is 45.1 Å². The van der Waals surface area contributed by atoms with Crippen LogP contribution in [0.15, 0.2) is 47.6 Å². The topological polar surface area (TPSA) is 82.1 Å². The van der Waals surface area contributed by atoms with Crippen LogP contribution in [-0.4, -0.2) is 60.0 Å². The molecule has 1 fully saturated rings. The zero-order valence-corrected chi connectivity index (χ0v) is 17.1. The zero-order chi connectivity index (χ0) is 21.1. The van der Waals surface area contributed by atoms with Crippen LogP contribution in [0, 0.1) is 5.92 Å². The number of nitrogens with one attached hydrogen (secondary N) is 1. The Morgan fingerprint density at radius 1 is 1.13 bits per heavy atom. The molecule has 7 nitrogen and oxygen atoms in total. The molecule has 30 heavy (non-hydrogen) atoms. The van der Waals surface area contributed by atoms with Gasteiger partial charge in [0.25, 0.3) is 11.8 Å². The highest BCUT2D eigenvalue weighted by Crippen LogP contribution is 2.20. The number of fused-ring (bicyclic) bond motifs is 1. The Balaban J connectivity index is 1.37. The van der Waals surface area contributed by atoms with E-state index in [0.717, 1.165) is 23.6 Å². The molecule has 3 amide bonds. The van der Waals surface area contributed by atoms with E-state index in [1.165, 1.54) is 5.01 Å². The second-order valence-corrected chi connectivity index (χ2v) is 7.96. The number of hydrogen-bond acceptors (Lipinski definition) is 4. The minimum Gasteiger partial charge on any atom is -0.352 e. The smallest absolute Gasteiger partial charge is 0.270 e. The van der Waals surface area contributed by atoms with Gasteiger partial charge in [-0.25, -0.2) is 5.01 Å². The predicted octanol–water partition coefficient (Wildman–Crippen LogP) is 2.42. The van der Waals surface area contributed by atoms with Crippen LogP contribution in [0.25, 0.3) is 10.8 Å². The van der Waals surface area contributed by atoms with Gasteiger partial charge in [0.15, 0.2) is 0 Å². The standard InChI is InChI=1S/C23H26N4O3/c1-26-21(28)12-11-20(25-26)23(30)27-13-5-6-16(15-27)14-24-22(29)19-10-4-8-17-7-2-3-9-18(17)19/h2-4,7-10,16H,5-6,11-15H2,1H3,(H,24,29). The summed E-state index contributed by atoms with van der Waals surface area (Å²) in [6.45, 7) is 1.80. The summed E-state index contributed by atoms with van der Waals surface area (Å²) in [6.07, 6.45) is 2.56. The normalized spacial score (nSPS) is 19.6. The molecule has 4 rings (SSSR count). The molecule has 1 N–H and O–H groups in total. The summed E-state index contributed by atoms with van der Waals surface area (Å²) >= 11 is 0. The molecule has 0 saturated carbocycles. The van der Waals surface area contributed by atoms with Crippen LogP contribution >= 0.6 is 0 Å². The number of piperidine rings is 1. The van der Waals surface area contributed by atoms with Crippen molar-refractivity contribution in [1.29, 1.82) is 0 Å². The molecule has 1 atom stereocenters. The van der Waals surface area contributed by atoms with E-state index in [1.807, 2.05) is 42.5 Å². The predicted molar refractivity (Wildman–Crippen MR) is 115 cm³/mol. The molecule has 2 heterocycles. The van der Waals surface area contributed by atoms with Gasteiger partial charge in [-0.3, -0.25) is 14.4 Å². The Morgan fingerprint density at radius 2 is 1.93 bits per heavy atom. The third-order valence-electron chi connectivity index (χ3n) is 5.85. The molecule has 0 radical (unpaired) electrons. The van der Waals surface area contributed by atoms with Crippen molar-refractivity contribution in [3.8, 4) is 0 Å². The quantitative estimate of drug-likeness (QED) is 0.847. The van der Waals surface area contributed by atoms with Crippen LogP contribution in [0.3, 0.4) is 0 Å². The lowest BCUT2D eigenvalue weighted by Gasteiger charge is -2.33. The van der Waals surface area contributed by atoms with Crippen LogP contribution in [0.4, 0.5) is 0 Å². The molecule has 156 valence electrons. The van der Waals surface area contributed by atoms with Crippen molar-refractivity contribution < 1.29 is 14.4 Å². The molecule has 1 saturated heterocycles. The first kappa shape index (κ1) is 20.1. The number of rotatable bonds is 4. The van der Waals surface area contributed by atoms with Crippen LogP contribution < -0.4 is 5.32 Å². The van der Waals surface area contributed by atoms with E-state index < -0.39 is 0 Å². The highest BCUT2D eigenvalue weighted by atomic mass is 16.2. The molecule has 1 unspecified atom stereocenters. The van der Waals surface area contributed by atoms with E-state index in [1.54, 1.807) is 11.9 Å². The summed E-state index contributed by atoms with van der Waals surface area (Å²) in [5.41, 5.74) is 1.11. The van der Waals surface area contributed by atoms with Crippen molar-refractivity contribution in [3.63, 3.8) is 0 Å². The average molecular weight is 406 g/mol. The summed E-state index contributed by atoms with van der Waals surface area (Å²) < 4.78 is 0. The van der Waals surface area contributed by atoms with E-state index in [4.69, 9.17) is 0 Å². The van der Waals surface area contributed by atoms with Gasteiger partial charge >= 0.3 is 0 Å². The van der Waals surface area contributed by atoms with Crippen LogP contribution in [0.5, 0.6) is 0 Å². The third kappa shape index (κ3) is 4.20. The molecule has 2 aromatic carbocycles. The van der Waals surface area contributed by atoms with Crippen molar-refractivity contribution >= 4 is 34.2 Å². The van der Waals surface area contributed by atoms with Gasteiger partial charge in [-0.05, 0) is 35.6 Å². The van der Waals surface area contributed by atoms with E-state index in [0.29, 0.717) is 43.8 Å². The number of carbonyl (C=O) groups excluding carboxylic acids is 3. The van der Waals surface area contributed by atoms with Crippen molar-refractivity contribution in [2.75, 3.05) is 26.7 Å². The minimum atomic E-state index is -0.0978.